The van der Waals surface area contributed by atoms with Crippen LogP contribution in [-0.2, 0) is 9.53 Å². The number of carbonyl (C=O) groups excluding carboxylic acids is 1. The second kappa shape index (κ2) is 7.34. The Kier molecular flexibility index (Phi) is 5.70. The monoisotopic (exact) mass is 325 g/mol. The molecule has 0 saturated heterocycles. The van der Waals surface area contributed by atoms with Crippen LogP contribution in [0.5, 0.6) is 5.75 Å². The molecule has 1 aliphatic rings. The van der Waals surface area contributed by atoms with Gasteiger partial charge in [0.1, 0.15) is 11.4 Å². The first kappa shape index (κ1) is 17.1. The van der Waals surface area contributed by atoms with Gasteiger partial charge in [0.05, 0.1) is 11.6 Å². The fourth-order valence-corrected chi connectivity index (χ4v) is 3.32. The molecule has 0 aliphatic heterocycles. The van der Waals surface area contributed by atoms with Crippen molar-refractivity contribution in [2.75, 3.05) is 19.0 Å². The molecule has 4 nitrogen and oxygen atoms in total. The minimum Gasteiger partial charge on any atom is -0.492 e. The highest BCUT2D eigenvalue weighted by atomic mass is 35.5. The Hall–Kier alpha value is -1.26. The number of amides is 1. The maximum atomic E-state index is 12.7. The van der Waals surface area contributed by atoms with Gasteiger partial charge in [-0.2, -0.15) is 0 Å². The summed E-state index contributed by atoms with van der Waals surface area (Å²) >= 11 is 6.16. The molecule has 1 saturated carbocycles. The smallest absolute Gasteiger partial charge is 0.256 e. The molecule has 0 heterocycles. The van der Waals surface area contributed by atoms with Crippen LogP contribution in [-0.4, -0.2) is 25.2 Å². The molecule has 0 bridgehead atoms. The third-order valence-electron chi connectivity index (χ3n) is 4.25. The van der Waals surface area contributed by atoms with E-state index >= 15 is 0 Å². The molecule has 122 valence electrons. The van der Waals surface area contributed by atoms with Crippen LogP contribution >= 0.6 is 11.6 Å². The normalized spacial score (nSPS) is 24.8. The van der Waals surface area contributed by atoms with Gasteiger partial charge in [-0.05, 0) is 50.3 Å². The number of methoxy groups -OCH3 is 1. The van der Waals surface area contributed by atoms with E-state index in [9.17, 15) is 4.79 Å². The van der Waals surface area contributed by atoms with Gasteiger partial charge in [0.2, 0.25) is 0 Å². The molecule has 1 amide bonds. The van der Waals surface area contributed by atoms with E-state index in [1.165, 1.54) is 0 Å². The lowest BCUT2D eigenvalue weighted by Gasteiger charge is -2.37. The van der Waals surface area contributed by atoms with Crippen LogP contribution in [0.1, 0.15) is 39.5 Å². The third-order valence-corrected chi connectivity index (χ3v) is 4.55. The van der Waals surface area contributed by atoms with E-state index in [2.05, 4.69) is 12.2 Å². The van der Waals surface area contributed by atoms with Gasteiger partial charge in [0.15, 0.2) is 0 Å². The first-order valence-electron chi connectivity index (χ1n) is 7.79. The van der Waals surface area contributed by atoms with E-state index in [1.807, 2.05) is 6.92 Å². The Bertz CT molecular complexity index is 535. The molecule has 1 aromatic carbocycles. The summed E-state index contributed by atoms with van der Waals surface area (Å²) in [6.45, 7) is 4.61. The van der Waals surface area contributed by atoms with E-state index < -0.39 is 5.60 Å². The van der Waals surface area contributed by atoms with Gasteiger partial charge in [-0.25, -0.2) is 0 Å². The molecule has 0 aromatic heterocycles. The average Bonchev–Trinajstić information content (AvgIpc) is 2.50. The molecule has 5 heteroatoms. The number of nitrogens with one attached hydrogen (secondary N) is 1. The van der Waals surface area contributed by atoms with Crippen molar-refractivity contribution in [3.8, 4) is 5.75 Å². The number of hydrogen-bond donors (Lipinski definition) is 1. The highest BCUT2D eigenvalue weighted by Crippen LogP contribution is 2.36. The van der Waals surface area contributed by atoms with Crippen LogP contribution in [0.4, 0.5) is 5.69 Å². The number of anilines is 1. The number of rotatable bonds is 5. The maximum Gasteiger partial charge on any atom is 0.256 e. The fourth-order valence-electron chi connectivity index (χ4n) is 3.08. The predicted molar refractivity (Wildman–Crippen MR) is 88.6 cm³/mol. The molecule has 0 unspecified atom stereocenters. The Morgan fingerprint density at radius 2 is 2.27 bits per heavy atom. The highest BCUT2D eigenvalue weighted by molar-refractivity contribution is 6.32. The van der Waals surface area contributed by atoms with Crippen LogP contribution in [0.2, 0.25) is 5.02 Å². The Balaban J connectivity index is 2.12. The fraction of sp³-hybridized carbons (Fsp3) is 0.588. The highest BCUT2D eigenvalue weighted by Gasteiger charge is 2.42. The summed E-state index contributed by atoms with van der Waals surface area (Å²) < 4.78 is 11.0. The number of hydrogen-bond acceptors (Lipinski definition) is 3. The second-order valence-corrected chi connectivity index (χ2v) is 6.34. The van der Waals surface area contributed by atoms with E-state index in [0.29, 0.717) is 29.0 Å². The lowest BCUT2D eigenvalue weighted by molar-refractivity contribution is -0.143. The van der Waals surface area contributed by atoms with Gasteiger partial charge in [-0.1, -0.05) is 24.9 Å². The second-order valence-electron chi connectivity index (χ2n) is 5.93. The van der Waals surface area contributed by atoms with Gasteiger partial charge in [-0.15, -0.1) is 0 Å². The summed E-state index contributed by atoms with van der Waals surface area (Å²) in [6.07, 6.45) is 3.66. The molecule has 2 atom stereocenters. The zero-order chi connectivity index (χ0) is 16.2. The molecule has 0 radical (unpaired) electrons. The van der Waals surface area contributed by atoms with Crippen LogP contribution in [0.15, 0.2) is 18.2 Å². The number of benzene rings is 1. The molecule has 1 N–H and O–H groups in total. The van der Waals surface area contributed by atoms with Crippen LogP contribution in [0.3, 0.4) is 0 Å². The Labute approximate surface area is 137 Å². The lowest BCUT2D eigenvalue weighted by Crippen LogP contribution is -2.47. The van der Waals surface area contributed by atoms with Gasteiger partial charge >= 0.3 is 0 Å². The zero-order valence-electron chi connectivity index (χ0n) is 13.4. The molecule has 1 fully saturated rings. The van der Waals surface area contributed by atoms with Crippen molar-refractivity contribution in [1.82, 2.24) is 0 Å². The van der Waals surface area contributed by atoms with Crippen molar-refractivity contribution >= 4 is 23.2 Å². The van der Waals surface area contributed by atoms with Gasteiger partial charge in [-0.3, -0.25) is 4.79 Å². The first-order valence-corrected chi connectivity index (χ1v) is 8.17. The molecule has 1 aliphatic carbocycles. The third kappa shape index (κ3) is 3.73. The Morgan fingerprint density at radius 3 is 2.86 bits per heavy atom. The average molecular weight is 326 g/mol. The largest absolute Gasteiger partial charge is 0.492 e. The maximum absolute atomic E-state index is 12.7. The molecule has 2 rings (SSSR count). The van der Waals surface area contributed by atoms with Crippen LogP contribution in [0.25, 0.3) is 0 Å². The van der Waals surface area contributed by atoms with E-state index in [4.69, 9.17) is 21.1 Å². The number of ether oxygens (including phenoxy) is 2. The first-order chi connectivity index (χ1) is 10.5. The quantitative estimate of drug-likeness (QED) is 0.879. The lowest BCUT2D eigenvalue weighted by atomic mass is 9.78. The predicted octanol–water partition coefficient (Wildman–Crippen LogP) is 4.27. The van der Waals surface area contributed by atoms with Gasteiger partial charge < -0.3 is 14.8 Å². The van der Waals surface area contributed by atoms with Crippen molar-refractivity contribution in [2.24, 2.45) is 5.92 Å². The summed E-state index contributed by atoms with van der Waals surface area (Å²) in [4.78, 5) is 12.7. The molecular formula is C17H24ClNO3. The molecule has 22 heavy (non-hydrogen) atoms. The molecule has 1 aromatic rings. The van der Waals surface area contributed by atoms with Crippen LogP contribution < -0.4 is 10.1 Å². The van der Waals surface area contributed by atoms with Crippen molar-refractivity contribution in [2.45, 2.75) is 45.1 Å². The van der Waals surface area contributed by atoms with E-state index in [1.54, 1.807) is 25.3 Å². The van der Waals surface area contributed by atoms with Gasteiger partial charge in [0.25, 0.3) is 5.91 Å². The molecule has 0 spiro atoms. The summed E-state index contributed by atoms with van der Waals surface area (Å²) in [5.74, 6) is 1.01. The summed E-state index contributed by atoms with van der Waals surface area (Å²) in [7, 11) is 1.61. The minimum atomic E-state index is -0.733. The SMILES string of the molecule is CCOc1ccc(NC(=O)[C@@]2(OC)CCC[C@@H](C)C2)cc1Cl. The number of carbonyl (C=O) groups is 1. The summed E-state index contributed by atoms with van der Waals surface area (Å²) in [5, 5.41) is 3.42. The summed E-state index contributed by atoms with van der Waals surface area (Å²) in [5.41, 5.74) is -0.0731. The zero-order valence-corrected chi connectivity index (χ0v) is 14.2. The van der Waals surface area contributed by atoms with Crippen molar-refractivity contribution in [3.05, 3.63) is 23.2 Å². The topological polar surface area (TPSA) is 47.6 Å². The number of halogens is 1. The Morgan fingerprint density at radius 1 is 1.50 bits per heavy atom. The van der Waals surface area contributed by atoms with E-state index in [-0.39, 0.29) is 5.91 Å². The van der Waals surface area contributed by atoms with Gasteiger partial charge in [0, 0.05) is 12.8 Å². The minimum absolute atomic E-state index is 0.0956. The molecular weight excluding hydrogens is 302 g/mol. The van der Waals surface area contributed by atoms with Crippen molar-refractivity contribution in [3.63, 3.8) is 0 Å². The standard InChI is InChI=1S/C17H24ClNO3/c1-4-22-15-8-7-13(10-14(15)18)19-16(20)17(21-3)9-5-6-12(2)11-17/h7-8,10,12H,4-6,9,11H2,1-3H3,(H,19,20)/t12-,17-/m1/s1. The van der Waals surface area contributed by atoms with Crippen LogP contribution in [0, 0.1) is 5.92 Å². The summed E-state index contributed by atoms with van der Waals surface area (Å²) in [6, 6.07) is 5.27. The van der Waals surface area contributed by atoms with Crippen molar-refractivity contribution in [1.29, 1.82) is 0 Å². The van der Waals surface area contributed by atoms with E-state index in [0.717, 1.165) is 25.7 Å². The van der Waals surface area contributed by atoms with Crippen molar-refractivity contribution < 1.29 is 14.3 Å².